The van der Waals surface area contributed by atoms with Gasteiger partial charge in [-0.1, -0.05) is 47.5 Å². The van der Waals surface area contributed by atoms with Crippen LogP contribution in [0.4, 0.5) is 5.69 Å². The summed E-state index contributed by atoms with van der Waals surface area (Å²) in [7, 11) is 0. The molecule has 2 aromatic carbocycles. The summed E-state index contributed by atoms with van der Waals surface area (Å²) in [4.78, 5) is 12.0. The first kappa shape index (κ1) is 17.9. The van der Waals surface area contributed by atoms with Gasteiger partial charge in [-0.05, 0) is 62.7 Å². The molecule has 2 rings (SSSR count). The van der Waals surface area contributed by atoms with Crippen molar-refractivity contribution >= 4 is 35.0 Å². The molecule has 0 aliphatic carbocycles. The molecule has 0 heterocycles. The number of rotatable bonds is 3. The quantitative estimate of drug-likeness (QED) is 0.642. The van der Waals surface area contributed by atoms with Crippen LogP contribution in [0.1, 0.15) is 27.8 Å². The number of carbonyl (C=O) groups excluding carboxylic acids is 1. The van der Waals surface area contributed by atoms with Gasteiger partial charge in [0.1, 0.15) is 0 Å². The molecule has 4 heteroatoms. The Labute approximate surface area is 148 Å². The van der Waals surface area contributed by atoms with Crippen LogP contribution in [0.15, 0.2) is 42.5 Å². The van der Waals surface area contributed by atoms with Crippen LogP contribution in [-0.4, -0.2) is 11.0 Å². The summed E-state index contributed by atoms with van der Waals surface area (Å²) in [6.45, 7) is 8.12. The molecule has 0 saturated carbocycles. The molecule has 0 aromatic heterocycles. The minimum Gasteiger partial charge on any atom is -0.332 e. The third-order valence-electron chi connectivity index (χ3n) is 3.66. The van der Waals surface area contributed by atoms with Gasteiger partial charge in [0, 0.05) is 11.8 Å². The van der Waals surface area contributed by atoms with Gasteiger partial charge in [0.25, 0.3) is 0 Å². The second-order valence-corrected chi connectivity index (χ2v) is 6.37. The number of nitrogens with one attached hydrogen (secondary N) is 2. The third-order valence-corrected chi connectivity index (χ3v) is 3.86. The minimum absolute atomic E-state index is 0.254. The van der Waals surface area contributed by atoms with E-state index in [0.29, 0.717) is 5.11 Å². The lowest BCUT2D eigenvalue weighted by Gasteiger charge is -2.14. The lowest BCUT2D eigenvalue weighted by molar-refractivity contribution is -0.115. The Morgan fingerprint density at radius 1 is 0.958 bits per heavy atom. The molecular weight excluding hydrogens is 316 g/mol. The number of amides is 1. The average molecular weight is 338 g/mol. The highest BCUT2D eigenvalue weighted by Crippen LogP contribution is 2.21. The number of hydrogen-bond acceptors (Lipinski definition) is 2. The molecule has 2 N–H and O–H groups in total. The lowest BCUT2D eigenvalue weighted by Crippen LogP contribution is -2.33. The number of anilines is 1. The topological polar surface area (TPSA) is 41.1 Å². The van der Waals surface area contributed by atoms with Crippen molar-refractivity contribution in [3.8, 4) is 0 Å². The molecule has 0 aliphatic heterocycles. The predicted molar refractivity (Wildman–Crippen MR) is 105 cm³/mol. The van der Waals surface area contributed by atoms with E-state index in [1.54, 1.807) is 6.08 Å². The first-order chi connectivity index (χ1) is 11.3. The Balaban J connectivity index is 1.97. The normalized spacial score (nSPS) is 10.7. The Bertz CT molecular complexity index is 769. The van der Waals surface area contributed by atoms with Gasteiger partial charge in [0.05, 0.1) is 0 Å². The maximum absolute atomic E-state index is 12.0. The van der Waals surface area contributed by atoms with Crippen LogP contribution >= 0.6 is 12.2 Å². The molecule has 0 radical (unpaired) electrons. The second kappa shape index (κ2) is 7.88. The number of thiocarbonyl (C=S) groups is 1. The van der Waals surface area contributed by atoms with Crippen LogP contribution in [0.25, 0.3) is 6.08 Å². The Morgan fingerprint density at radius 2 is 1.54 bits per heavy atom. The molecule has 0 aliphatic rings. The first-order valence-electron chi connectivity index (χ1n) is 7.79. The zero-order chi connectivity index (χ0) is 17.7. The Morgan fingerprint density at radius 3 is 2.12 bits per heavy atom. The Kier molecular flexibility index (Phi) is 5.88. The number of carbonyl (C=O) groups is 1. The van der Waals surface area contributed by atoms with Crippen LogP contribution in [0.5, 0.6) is 0 Å². The van der Waals surface area contributed by atoms with E-state index in [0.717, 1.165) is 22.4 Å². The zero-order valence-corrected chi connectivity index (χ0v) is 15.3. The van der Waals surface area contributed by atoms with Crippen LogP contribution in [0.3, 0.4) is 0 Å². The van der Waals surface area contributed by atoms with E-state index < -0.39 is 0 Å². The standard InChI is InChI=1S/C20H22N2OS/c1-13-5-7-17(8-6-13)9-10-18(23)21-20(24)22-19-15(3)11-14(2)12-16(19)4/h5-12H,1-4H3,(H2,21,22,23,24)/b10-9+. The van der Waals surface area contributed by atoms with Crippen molar-refractivity contribution in [2.24, 2.45) is 0 Å². The number of aryl methyl sites for hydroxylation is 4. The summed E-state index contributed by atoms with van der Waals surface area (Å²) in [5.41, 5.74) is 6.49. The van der Waals surface area contributed by atoms with Gasteiger partial charge in [-0.3, -0.25) is 10.1 Å². The van der Waals surface area contributed by atoms with E-state index in [2.05, 4.69) is 29.7 Å². The van der Waals surface area contributed by atoms with Crippen molar-refractivity contribution in [2.75, 3.05) is 5.32 Å². The van der Waals surface area contributed by atoms with E-state index in [9.17, 15) is 4.79 Å². The maximum Gasteiger partial charge on any atom is 0.250 e. The number of benzene rings is 2. The van der Waals surface area contributed by atoms with Crippen molar-refractivity contribution < 1.29 is 4.79 Å². The van der Waals surface area contributed by atoms with E-state index >= 15 is 0 Å². The van der Waals surface area contributed by atoms with E-state index in [1.807, 2.05) is 45.0 Å². The summed E-state index contributed by atoms with van der Waals surface area (Å²) in [5.74, 6) is -0.254. The van der Waals surface area contributed by atoms with Gasteiger partial charge >= 0.3 is 0 Å². The van der Waals surface area contributed by atoms with E-state index in [1.165, 1.54) is 17.2 Å². The fraction of sp³-hybridized carbons (Fsp3) is 0.200. The van der Waals surface area contributed by atoms with Crippen LogP contribution < -0.4 is 10.6 Å². The molecule has 0 bridgehead atoms. The van der Waals surface area contributed by atoms with Crippen molar-refractivity contribution in [1.82, 2.24) is 5.32 Å². The molecule has 0 fully saturated rings. The van der Waals surface area contributed by atoms with Gasteiger partial charge in [0.15, 0.2) is 5.11 Å². The van der Waals surface area contributed by atoms with Gasteiger partial charge < -0.3 is 5.32 Å². The van der Waals surface area contributed by atoms with Gasteiger partial charge in [-0.25, -0.2) is 0 Å². The largest absolute Gasteiger partial charge is 0.332 e. The average Bonchev–Trinajstić information content (AvgIpc) is 2.50. The van der Waals surface area contributed by atoms with Crippen LogP contribution in [0, 0.1) is 27.7 Å². The molecular formula is C20H22N2OS. The monoisotopic (exact) mass is 338 g/mol. The SMILES string of the molecule is Cc1ccc(/C=C/C(=O)NC(=S)Nc2c(C)cc(C)cc2C)cc1. The van der Waals surface area contributed by atoms with Crippen molar-refractivity contribution in [1.29, 1.82) is 0 Å². The molecule has 1 amide bonds. The maximum atomic E-state index is 12.0. The zero-order valence-electron chi connectivity index (χ0n) is 14.4. The molecule has 0 unspecified atom stereocenters. The summed E-state index contributed by atoms with van der Waals surface area (Å²) in [5, 5.41) is 6.08. The number of hydrogen-bond donors (Lipinski definition) is 2. The molecule has 0 atom stereocenters. The summed E-state index contributed by atoms with van der Waals surface area (Å²) in [6, 6.07) is 12.1. The fourth-order valence-corrected chi connectivity index (χ4v) is 2.73. The highest BCUT2D eigenvalue weighted by molar-refractivity contribution is 7.80. The van der Waals surface area contributed by atoms with Crippen molar-refractivity contribution in [3.05, 3.63) is 70.3 Å². The molecule has 24 heavy (non-hydrogen) atoms. The lowest BCUT2D eigenvalue weighted by atomic mass is 10.1. The fourth-order valence-electron chi connectivity index (χ4n) is 2.53. The molecule has 0 saturated heterocycles. The van der Waals surface area contributed by atoms with E-state index in [-0.39, 0.29) is 5.91 Å². The van der Waals surface area contributed by atoms with Crippen LogP contribution in [-0.2, 0) is 4.79 Å². The van der Waals surface area contributed by atoms with E-state index in [4.69, 9.17) is 12.2 Å². The molecule has 0 spiro atoms. The minimum atomic E-state index is -0.254. The Hall–Kier alpha value is -2.46. The van der Waals surface area contributed by atoms with Crippen molar-refractivity contribution in [3.63, 3.8) is 0 Å². The molecule has 124 valence electrons. The molecule has 2 aromatic rings. The summed E-state index contributed by atoms with van der Waals surface area (Å²) < 4.78 is 0. The predicted octanol–water partition coefficient (Wildman–Crippen LogP) is 4.45. The second-order valence-electron chi connectivity index (χ2n) is 5.96. The third kappa shape index (κ3) is 5.03. The highest BCUT2D eigenvalue weighted by Gasteiger charge is 2.07. The van der Waals surface area contributed by atoms with Crippen LogP contribution in [0.2, 0.25) is 0 Å². The summed E-state index contributed by atoms with van der Waals surface area (Å²) in [6.07, 6.45) is 3.24. The smallest absolute Gasteiger partial charge is 0.250 e. The summed E-state index contributed by atoms with van der Waals surface area (Å²) >= 11 is 5.24. The van der Waals surface area contributed by atoms with Gasteiger partial charge in [-0.15, -0.1) is 0 Å². The molecule has 3 nitrogen and oxygen atoms in total. The van der Waals surface area contributed by atoms with Gasteiger partial charge in [-0.2, -0.15) is 0 Å². The van der Waals surface area contributed by atoms with Crippen molar-refractivity contribution in [2.45, 2.75) is 27.7 Å². The van der Waals surface area contributed by atoms with Gasteiger partial charge in [0.2, 0.25) is 5.91 Å². The highest BCUT2D eigenvalue weighted by atomic mass is 32.1. The first-order valence-corrected chi connectivity index (χ1v) is 8.20.